The Labute approximate surface area is 187 Å². The summed E-state index contributed by atoms with van der Waals surface area (Å²) in [7, 11) is 0. The lowest BCUT2D eigenvalue weighted by Crippen LogP contribution is -2.56. The van der Waals surface area contributed by atoms with Crippen LogP contribution < -0.4 is 10.6 Å². The highest BCUT2D eigenvalue weighted by Crippen LogP contribution is 2.35. The minimum absolute atomic E-state index is 0.0458. The van der Waals surface area contributed by atoms with Crippen LogP contribution in [0, 0.1) is 11.8 Å². The van der Waals surface area contributed by atoms with Gasteiger partial charge in [-0.25, -0.2) is 4.79 Å². The van der Waals surface area contributed by atoms with Crippen molar-refractivity contribution in [3.05, 3.63) is 53.4 Å². The molecule has 4 rings (SSSR count). The Morgan fingerprint density at radius 1 is 1.22 bits per heavy atom. The van der Waals surface area contributed by atoms with Crippen molar-refractivity contribution < 1.29 is 18.9 Å². The molecule has 1 atom stereocenters. The van der Waals surface area contributed by atoms with Crippen LogP contribution in [0.5, 0.6) is 0 Å². The molecule has 2 N–H and O–H groups in total. The first-order valence-corrected chi connectivity index (χ1v) is 11.3. The Bertz CT molecular complexity index is 979. The second kappa shape index (κ2) is 9.14. The van der Waals surface area contributed by atoms with E-state index in [0.717, 1.165) is 12.0 Å². The van der Waals surface area contributed by atoms with E-state index < -0.39 is 11.6 Å². The molecule has 2 aliphatic heterocycles. The Morgan fingerprint density at radius 3 is 2.56 bits per heavy atom. The lowest BCUT2D eigenvalue weighted by molar-refractivity contribution is -0.126. The molecule has 2 aromatic rings. The Morgan fingerprint density at radius 2 is 1.94 bits per heavy atom. The molecule has 4 amide bonds. The van der Waals surface area contributed by atoms with Crippen LogP contribution in [-0.4, -0.2) is 46.5 Å². The maximum Gasteiger partial charge on any atom is 0.322 e. The number of hydrogen-bond donors (Lipinski definition) is 2. The van der Waals surface area contributed by atoms with Crippen molar-refractivity contribution >= 4 is 17.8 Å². The van der Waals surface area contributed by atoms with Gasteiger partial charge < -0.3 is 14.7 Å². The lowest BCUT2D eigenvalue weighted by atomic mass is 9.74. The molecule has 1 aromatic carbocycles. The molecule has 0 bridgehead atoms. The number of benzene rings is 1. The van der Waals surface area contributed by atoms with E-state index in [-0.39, 0.29) is 17.7 Å². The fraction of sp³-hybridized carbons (Fsp3) is 0.500. The van der Waals surface area contributed by atoms with Gasteiger partial charge in [-0.1, -0.05) is 49.3 Å². The Kier molecular flexibility index (Phi) is 6.30. The predicted molar refractivity (Wildman–Crippen MR) is 118 cm³/mol. The average Bonchev–Trinajstić information content (AvgIpc) is 3.36. The zero-order valence-electron chi connectivity index (χ0n) is 18.6. The van der Waals surface area contributed by atoms with Gasteiger partial charge in [0.25, 0.3) is 11.8 Å². The van der Waals surface area contributed by atoms with Crippen molar-refractivity contribution in [2.45, 2.75) is 51.5 Å². The van der Waals surface area contributed by atoms with E-state index in [4.69, 9.17) is 4.52 Å². The van der Waals surface area contributed by atoms with Crippen molar-refractivity contribution in [2.75, 3.05) is 13.1 Å². The molecule has 0 aliphatic carbocycles. The van der Waals surface area contributed by atoms with Crippen LogP contribution in [0.25, 0.3) is 0 Å². The number of aromatic nitrogens is 1. The number of likely N-dealkylation sites (tertiary alicyclic amines) is 1. The zero-order chi connectivity index (χ0) is 22.7. The topological polar surface area (TPSA) is 105 Å². The molecular weight excluding hydrogens is 408 g/mol. The maximum absolute atomic E-state index is 12.9. The lowest BCUT2D eigenvalue weighted by Gasteiger charge is -2.40. The van der Waals surface area contributed by atoms with E-state index in [1.807, 2.05) is 30.3 Å². The van der Waals surface area contributed by atoms with Crippen molar-refractivity contribution in [2.24, 2.45) is 11.8 Å². The summed E-state index contributed by atoms with van der Waals surface area (Å²) in [5.41, 5.74) is 0.502. The quantitative estimate of drug-likeness (QED) is 0.647. The van der Waals surface area contributed by atoms with Gasteiger partial charge >= 0.3 is 6.03 Å². The summed E-state index contributed by atoms with van der Waals surface area (Å²) in [6, 6.07) is 11.2. The maximum atomic E-state index is 12.9. The van der Waals surface area contributed by atoms with Gasteiger partial charge in [0, 0.05) is 25.6 Å². The van der Waals surface area contributed by atoms with Gasteiger partial charge in [0.15, 0.2) is 5.69 Å². The Balaban J connectivity index is 1.42. The van der Waals surface area contributed by atoms with E-state index in [1.54, 1.807) is 11.0 Å². The number of amides is 4. The van der Waals surface area contributed by atoms with Gasteiger partial charge in [-0.3, -0.25) is 14.9 Å². The molecule has 1 aromatic heterocycles. The molecule has 2 fully saturated rings. The molecule has 0 radical (unpaired) electrons. The number of piperidine rings is 1. The molecule has 0 saturated carbocycles. The highest BCUT2D eigenvalue weighted by molar-refractivity contribution is 6.07. The molecule has 170 valence electrons. The van der Waals surface area contributed by atoms with Crippen LogP contribution >= 0.6 is 0 Å². The van der Waals surface area contributed by atoms with Gasteiger partial charge in [0.2, 0.25) is 0 Å². The van der Waals surface area contributed by atoms with E-state index in [9.17, 15) is 14.4 Å². The summed E-state index contributed by atoms with van der Waals surface area (Å²) in [4.78, 5) is 39.5. The van der Waals surface area contributed by atoms with Crippen molar-refractivity contribution in [3.63, 3.8) is 0 Å². The SMILES string of the molecule is CC(C)Cc1cc(C(=O)N2CCC(C3(CCc4ccccc4)NC(=O)NC3=O)CC2)no1. The highest BCUT2D eigenvalue weighted by Gasteiger charge is 2.52. The molecule has 3 heterocycles. The van der Waals surface area contributed by atoms with Crippen LogP contribution in [0.3, 0.4) is 0 Å². The molecule has 32 heavy (non-hydrogen) atoms. The van der Waals surface area contributed by atoms with Crippen molar-refractivity contribution in [1.29, 1.82) is 0 Å². The van der Waals surface area contributed by atoms with Crippen LogP contribution in [-0.2, 0) is 17.6 Å². The van der Waals surface area contributed by atoms with E-state index in [1.165, 1.54) is 0 Å². The third-order valence-electron chi connectivity index (χ3n) is 6.49. The summed E-state index contributed by atoms with van der Waals surface area (Å²) in [6.45, 7) is 5.18. The van der Waals surface area contributed by atoms with Gasteiger partial charge in [-0.05, 0) is 43.1 Å². The Hall–Kier alpha value is -3.16. The largest absolute Gasteiger partial charge is 0.361 e. The molecule has 0 spiro atoms. The van der Waals surface area contributed by atoms with Gasteiger partial charge in [0.05, 0.1) is 0 Å². The molecule has 8 nitrogen and oxygen atoms in total. The molecule has 8 heteroatoms. The number of hydrogen-bond acceptors (Lipinski definition) is 5. The van der Waals surface area contributed by atoms with Gasteiger partial charge in [-0.2, -0.15) is 0 Å². The summed E-state index contributed by atoms with van der Waals surface area (Å²) < 4.78 is 5.31. The third kappa shape index (κ3) is 4.54. The summed E-state index contributed by atoms with van der Waals surface area (Å²) in [5.74, 6) is 0.666. The number of carbonyl (C=O) groups excluding carboxylic acids is 3. The van der Waals surface area contributed by atoms with Crippen LogP contribution in [0.15, 0.2) is 40.9 Å². The number of rotatable bonds is 7. The minimum atomic E-state index is -0.944. The second-order valence-corrected chi connectivity index (χ2v) is 9.21. The van der Waals surface area contributed by atoms with E-state index in [0.29, 0.717) is 56.1 Å². The first-order chi connectivity index (χ1) is 15.4. The fourth-order valence-corrected chi connectivity index (χ4v) is 4.81. The normalized spacial score (nSPS) is 21.7. The van der Waals surface area contributed by atoms with E-state index in [2.05, 4.69) is 29.6 Å². The average molecular weight is 439 g/mol. The number of nitrogens with one attached hydrogen (secondary N) is 2. The van der Waals surface area contributed by atoms with Gasteiger partial charge in [-0.15, -0.1) is 0 Å². The number of nitrogens with zero attached hydrogens (tertiary/aromatic N) is 2. The number of aryl methyl sites for hydroxylation is 1. The zero-order valence-corrected chi connectivity index (χ0v) is 18.6. The van der Waals surface area contributed by atoms with Gasteiger partial charge in [0.1, 0.15) is 11.3 Å². The van der Waals surface area contributed by atoms with Crippen LogP contribution in [0.1, 0.15) is 54.9 Å². The molecule has 2 saturated heterocycles. The smallest absolute Gasteiger partial charge is 0.322 e. The van der Waals surface area contributed by atoms with Crippen LogP contribution in [0.4, 0.5) is 4.79 Å². The molecular formula is C24H30N4O4. The summed E-state index contributed by atoms with van der Waals surface area (Å²) >= 11 is 0. The first-order valence-electron chi connectivity index (χ1n) is 11.3. The minimum Gasteiger partial charge on any atom is -0.361 e. The summed E-state index contributed by atoms with van der Waals surface area (Å²) in [6.07, 6.45) is 3.21. The van der Waals surface area contributed by atoms with Crippen LogP contribution in [0.2, 0.25) is 0 Å². The summed E-state index contributed by atoms with van der Waals surface area (Å²) in [5, 5.41) is 9.30. The highest BCUT2D eigenvalue weighted by atomic mass is 16.5. The first kappa shape index (κ1) is 22.0. The second-order valence-electron chi connectivity index (χ2n) is 9.21. The standard InChI is InChI=1S/C24H30N4O4/c1-16(2)14-19-15-20(27-32-19)21(29)28-12-9-18(10-13-28)24(22(30)25-23(31)26-24)11-8-17-6-4-3-5-7-17/h3-7,15-16,18H,8-14H2,1-2H3,(H2,25,26,30,31). The fourth-order valence-electron chi connectivity index (χ4n) is 4.81. The van der Waals surface area contributed by atoms with Crippen molar-refractivity contribution in [3.8, 4) is 0 Å². The molecule has 1 unspecified atom stereocenters. The van der Waals surface area contributed by atoms with E-state index >= 15 is 0 Å². The monoisotopic (exact) mass is 438 g/mol. The van der Waals surface area contributed by atoms with Crippen molar-refractivity contribution in [1.82, 2.24) is 20.7 Å². The predicted octanol–water partition coefficient (Wildman–Crippen LogP) is 2.94. The number of carbonyl (C=O) groups is 3. The molecule has 2 aliphatic rings. The number of imide groups is 1. The third-order valence-corrected chi connectivity index (χ3v) is 6.49. The number of urea groups is 1.